The van der Waals surface area contributed by atoms with Gasteiger partial charge in [-0.1, -0.05) is 0 Å². The third-order valence-electron chi connectivity index (χ3n) is 6.48. The van der Waals surface area contributed by atoms with Gasteiger partial charge < -0.3 is 28.0 Å². The molecule has 28 heavy (non-hydrogen) atoms. The molecule has 0 bridgehead atoms. The van der Waals surface area contributed by atoms with Crippen molar-refractivity contribution in [3.05, 3.63) is 0 Å². The fraction of sp³-hybridized carbons (Fsp3) is 0.947. The highest BCUT2D eigenvalue weighted by molar-refractivity contribution is 6.51. The SMILES string of the molecule is CCOC(=O)CCC(C)(OB1OC(C)(C)C(C)(C)O1)B1OC(C)(C)C(C)(C)O1. The van der Waals surface area contributed by atoms with Crippen LogP contribution < -0.4 is 0 Å². The van der Waals surface area contributed by atoms with Crippen LogP contribution in [0.3, 0.4) is 0 Å². The van der Waals surface area contributed by atoms with Crippen LogP contribution in [0.5, 0.6) is 0 Å². The third-order valence-corrected chi connectivity index (χ3v) is 6.48. The van der Waals surface area contributed by atoms with Crippen molar-refractivity contribution in [2.45, 2.75) is 110 Å². The summed E-state index contributed by atoms with van der Waals surface area (Å²) in [6.45, 7) is 19.7. The van der Waals surface area contributed by atoms with Gasteiger partial charge in [-0.15, -0.1) is 0 Å². The molecular formula is C19H36B2O7. The Balaban J connectivity index is 2.21. The van der Waals surface area contributed by atoms with Gasteiger partial charge in [0.1, 0.15) is 0 Å². The first-order valence-corrected chi connectivity index (χ1v) is 10.1. The Morgan fingerprint density at radius 3 is 1.71 bits per heavy atom. The number of carbonyl (C=O) groups excluding carboxylic acids is 1. The fourth-order valence-corrected chi connectivity index (χ4v) is 2.97. The number of rotatable bonds is 7. The maximum Gasteiger partial charge on any atom is 0.640 e. The van der Waals surface area contributed by atoms with E-state index in [1.54, 1.807) is 6.92 Å². The Labute approximate surface area is 170 Å². The average molecular weight is 398 g/mol. The fourth-order valence-electron chi connectivity index (χ4n) is 2.97. The summed E-state index contributed by atoms with van der Waals surface area (Å²) in [4.78, 5) is 12.0. The molecule has 2 aliphatic heterocycles. The molecule has 2 fully saturated rings. The van der Waals surface area contributed by atoms with Crippen LogP contribution in [-0.4, -0.2) is 54.9 Å². The molecule has 0 spiro atoms. The molecule has 0 aliphatic carbocycles. The van der Waals surface area contributed by atoms with Crippen molar-refractivity contribution >= 4 is 20.4 Å². The van der Waals surface area contributed by atoms with Crippen LogP contribution in [-0.2, 0) is 32.8 Å². The summed E-state index contributed by atoms with van der Waals surface area (Å²) < 4.78 is 35.8. The zero-order valence-electron chi connectivity index (χ0n) is 19.1. The normalized spacial score (nSPS) is 26.9. The Morgan fingerprint density at radius 2 is 1.29 bits per heavy atom. The monoisotopic (exact) mass is 398 g/mol. The largest absolute Gasteiger partial charge is 0.640 e. The Kier molecular flexibility index (Phi) is 6.41. The van der Waals surface area contributed by atoms with Crippen LogP contribution in [0.25, 0.3) is 0 Å². The van der Waals surface area contributed by atoms with Gasteiger partial charge in [0.2, 0.25) is 0 Å². The zero-order chi connectivity index (χ0) is 21.6. The quantitative estimate of drug-likeness (QED) is 0.481. The molecule has 1 atom stereocenters. The summed E-state index contributed by atoms with van der Waals surface area (Å²) in [5.74, 6) is -0.289. The van der Waals surface area contributed by atoms with Crippen LogP contribution in [0.4, 0.5) is 0 Å². The second-order valence-corrected chi connectivity index (χ2v) is 9.87. The van der Waals surface area contributed by atoms with Gasteiger partial charge in [-0.3, -0.25) is 4.79 Å². The number of hydrogen-bond donors (Lipinski definition) is 0. The average Bonchev–Trinajstić information content (AvgIpc) is 2.85. The van der Waals surface area contributed by atoms with E-state index in [-0.39, 0.29) is 12.4 Å². The van der Waals surface area contributed by atoms with Gasteiger partial charge in [-0.2, -0.15) is 0 Å². The maximum absolute atomic E-state index is 12.0. The molecular weight excluding hydrogens is 362 g/mol. The minimum atomic E-state index is -0.973. The van der Waals surface area contributed by atoms with Gasteiger partial charge in [0.15, 0.2) is 0 Å². The van der Waals surface area contributed by atoms with E-state index in [0.717, 1.165) is 0 Å². The van der Waals surface area contributed by atoms with Gasteiger partial charge in [-0.25, -0.2) is 0 Å². The predicted molar refractivity (Wildman–Crippen MR) is 108 cm³/mol. The topological polar surface area (TPSA) is 72.5 Å². The molecule has 0 N–H and O–H groups in total. The molecule has 0 radical (unpaired) electrons. The van der Waals surface area contributed by atoms with E-state index in [4.69, 9.17) is 28.0 Å². The lowest BCUT2D eigenvalue weighted by Crippen LogP contribution is -2.52. The second kappa shape index (κ2) is 7.58. The minimum absolute atomic E-state index is 0.175. The van der Waals surface area contributed by atoms with Crippen LogP contribution >= 0.6 is 0 Å². The summed E-state index contributed by atoms with van der Waals surface area (Å²) >= 11 is 0. The van der Waals surface area contributed by atoms with Gasteiger partial charge in [0.25, 0.3) is 0 Å². The summed E-state index contributed by atoms with van der Waals surface area (Å²) in [6.07, 6.45) is 0.515. The highest BCUT2D eigenvalue weighted by Gasteiger charge is 2.62. The van der Waals surface area contributed by atoms with E-state index in [0.29, 0.717) is 13.0 Å². The Morgan fingerprint density at radius 1 is 0.857 bits per heavy atom. The van der Waals surface area contributed by atoms with E-state index in [9.17, 15) is 4.79 Å². The number of hydrogen-bond acceptors (Lipinski definition) is 7. The van der Waals surface area contributed by atoms with E-state index in [1.165, 1.54) is 0 Å². The van der Waals surface area contributed by atoms with Crippen LogP contribution in [0, 0.1) is 0 Å². The highest BCUT2D eigenvalue weighted by atomic mass is 16.8. The molecule has 9 heteroatoms. The molecule has 0 aromatic carbocycles. The molecule has 2 rings (SSSR count). The minimum Gasteiger partial charge on any atom is -0.466 e. The molecule has 0 amide bonds. The summed E-state index contributed by atoms with van der Waals surface area (Å²) in [5, 5.41) is 0. The highest BCUT2D eigenvalue weighted by Crippen LogP contribution is 2.44. The van der Waals surface area contributed by atoms with Crippen molar-refractivity contribution in [3.63, 3.8) is 0 Å². The van der Waals surface area contributed by atoms with Gasteiger partial charge >= 0.3 is 20.4 Å². The van der Waals surface area contributed by atoms with Crippen molar-refractivity contribution in [1.82, 2.24) is 0 Å². The molecule has 7 nitrogen and oxygen atoms in total. The molecule has 0 saturated carbocycles. The Bertz CT molecular complexity index is 559. The zero-order valence-corrected chi connectivity index (χ0v) is 19.1. The van der Waals surface area contributed by atoms with Gasteiger partial charge in [-0.05, 0) is 75.7 Å². The van der Waals surface area contributed by atoms with Gasteiger partial charge in [0.05, 0.1) is 34.5 Å². The predicted octanol–water partition coefficient (Wildman–Crippen LogP) is 3.33. The van der Waals surface area contributed by atoms with Crippen molar-refractivity contribution < 1.29 is 32.8 Å². The van der Waals surface area contributed by atoms with E-state index in [1.807, 2.05) is 62.3 Å². The van der Waals surface area contributed by atoms with E-state index < -0.39 is 42.3 Å². The van der Waals surface area contributed by atoms with Crippen molar-refractivity contribution in [3.8, 4) is 0 Å². The van der Waals surface area contributed by atoms with Crippen LogP contribution in [0.15, 0.2) is 0 Å². The third kappa shape index (κ3) is 4.59. The molecule has 2 aliphatic rings. The lowest BCUT2D eigenvalue weighted by molar-refractivity contribution is -0.144. The smallest absolute Gasteiger partial charge is 0.466 e. The number of esters is 1. The second-order valence-electron chi connectivity index (χ2n) is 9.87. The summed E-state index contributed by atoms with van der Waals surface area (Å²) in [5.41, 5.74) is -3.09. The summed E-state index contributed by atoms with van der Waals surface area (Å²) in [7, 11) is -1.58. The molecule has 2 saturated heterocycles. The molecule has 1 unspecified atom stereocenters. The van der Waals surface area contributed by atoms with Crippen molar-refractivity contribution in [2.24, 2.45) is 0 Å². The number of carbonyl (C=O) groups is 1. The summed E-state index contributed by atoms with van der Waals surface area (Å²) in [6, 6.07) is 0. The first kappa shape index (κ1) is 23.7. The lowest BCUT2D eigenvalue weighted by Gasteiger charge is -2.32. The van der Waals surface area contributed by atoms with Crippen molar-refractivity contribution in [1.29, 1.82) is 0 Å². The molecule has 0 aromatic rings. The molecule has 160 valence electrons. The first-order chi connectivity index (χ1) is 12.6. The Hall–Kier alpha value is -0.600. The van der Waals surface area contributed by atoms with E-state index in [2.05, 4.69) is 0 Å². The number of ether oxygens (including phenoxy) is 1. The van der Waals surface area contributed by atoms with Gasteiger partial charge in [0, 0.05) is 6.42 Å². The first-order valence-electron chi connectivity index (χ1n) is 10.1. The molecule has 2 heterocycles. The molecule has 0 aromatic heterocycles. The van der Waals surface area contributed by atoms with E-state index >= 15 is 0 Å². The van der Waals surface area contributed by atoms with Crippen molar-refractivity contribution in [2.75, 3.05) is 6.61 Å². The van der Waals surface area contributed by atoms with Crippen LogP contribution in [0.2, 0.25) is 0 Å². The van der Waals surface area contributed by atoms with Crippen LogP contribution in [0.1, 0.15) is 82.1 Å². The maximum atomic E-state index is 12.0. The standard InChI is InChI=1S/C19H36B2O7/c1-11-23-14(22)12-13-19(10,20-24-15(2,3)16(4,5)25-20)28-21-26-17(6,7)18(8,9)27-21/h11-13H2,1-10H3. The lowest BCUT2D eigenvalue weighted by atomic mass is 9.65.